The number of hydrogen-bond donors (Lipinski definition) is 0. The topological polar surface area (TPSA) is 18.5 Å². The number of allylic oxidation sites excluding steroid dienone is 1. The number of rotatable bonds is 8. The SMILES string of the molecule is C.C.C.C.C=CCOc1ccccc1.C=CCOc1ccccc1CC=C.CC.CC.CCC.CCC. The van der Waals surface area contributed by atoms with Crippen molar-refractivity contribution < 1.29 is 9.47 Å². The molecule has 0 radical (unpaired) electrons. The van der Waals surface area contributed by atoms with E-state index in [-0.39, 0.29) is 29.7 Å². The maximum absolute atomic E-state index is 5.47. The molecule has 0 aliphatic carbocycles. The first-order chi connectivity index (χ1) is 16.1. The third kappa shape index (κ3) is 43.7. The summed E-state index contributed by atoms with van der Waals surface area (Å²) in [6, 6.07) is 17.7. The monoisotopic (exact) mass is 521 g/mol. The number of benzene rings is 2. The lowest BCUT2D eigenvalue weighted by atomic mass is 10.1. The lowest BCUT2D eigenvalue weighted by Gasteiger charge is -2.07. The highest BCUT2D eigenvalue weighted by atomic mass is 16.5. The van der Waals surface area contributed by atoms with E-state index in [2.05, 4.69) is 47.4 Å². The summed E-state index contributed by atoms with van der Waals surface area (Å²) in [5.41, 5.74) is 1.17. The normalized spacial score (nSPS) is 6.92. The van der Waals surface area contributed by atoms with Crippen LogP contribution in [0.4, 0.5) is 0 Å². The van der Waals surface area contributed by atoms with Gasteiger partial charge in [0.1, 0.15) is 24.7 Å². The van der Waals surface area contributed by atoms with Crippen molar-refractivity contribution in [3.8, 4) is 11.5 Å². The van der Waals surface area contributed by atoms with Crippen molar-refractivity contribution in [3.63, 3.8) is 0 Å². The zero-order chi connectivity index (χ0) is 26.2. The summed E-state index contributed by atoms with van der Waals surface area (Å²) in [6.07, 6.45) is 8.68. The largest absolute Gasteiger partial charge is 0.490 e. The Bertz CT molecular complexity index is 616. The molecule has 0 saturated carbocycles. The van der Waals surface area contributed by atoms with Gasteiger partial charge in [0.05, 0.1) is 0 Å². The quantitative estimate of drug-likeness (QED) is 0.322. The Labute approximate surface area is 236 Å². The van der Waals surface area contributed by atoms with E-state index in [1.807, 2.05) is 88.4 Å². The first-order valence-corrected chi connectivity index (χ1v) is 12.4. The molecular weight excluding hydrogens is 452 g/mol. The van der Waals surface area contributed by atoms with Gasteiger partial charge in [-0.3, -0.25) is 0 Å². The van der Waals surface area contributed by atoms with Gasteiger partial charge in [0.25, 0.3) is 0 Å². The number of ether oxygens (including phenoxy) is 2. The highest BCUT2D eigenvalue weighted by Crippen LogP contribution is 2.18. The molecule has 2 aromatic carbocycles. The van der Waals surface area contributed by atoms with Crippen molar-refractivity contribution in [2.45, 2.75) is 104 Å². The minimum absolute atomic E-state index is 0. The molecule has 0 bridgehead atoms. The summed E-state index contributed by atoms with van der Waals surface area (Å²) in [7, 11) is 0. The van der Waals surface area contributed by atoms with E-state index in [9.17, 15) is 0 Å². The number of para-hydroxylation sites is 2. The molecule has 0 amide bonds. The second-order valence-electron chi connectivity index (χ2n) is 6.03. The molecule has 0 fully saturated rings. The molecule has 2 rings (SSSR count). The lowest BCUT2D eigenvalue weighted by molar-refractivity contribution is 0.360. The average molecular weight is 521 g/mol. The zero-order valence-electron chi connectivity index (χ0n) is 22.9. The predicted molar refractivity (Wildman–Crippen MR) is 180 cm³/mol. The van der Waals surface area contributed by atoms with Crippen molar-refractivity contribution in [1.29, 1.82) is 0 Å². The maximum Gasteiger partial charge on any atom is 0.123 e. The fraction of sp³-hybridized carbons (Fsp3) is 0.486. The van der Waals surface area contributed by atoms with Crippen molar-refractivity contribution >= 4 is 0 Å². The van der Waals surface area contributed by atoms with E-state index in [1.54, 1.807) is 12.2 Å². The highest BCUT2D eigenvalue weighted by molar-refractivity contribution is 5.34. The molecule has 0 spiro atoms. The maximum atomic E-state index is 5.47. The van der Waals surface area contributed by atoms with E-state index < -0.39 is 0 Å². The van der Waals surface area contributed by atoms with Gasteiger partial charge >= 0.3 is 0 Å². The third-order valence-electron chi connectivity index (χ3n) is 2.80. The Morgan fingerprint density at radius 3 is 1.35 bits per heavy atom. The Kier molecular flexibility index (Phi) is 80.6. The van der Waals surface area contributed by atoms with Crippen molar-refractivity contribution in [2.75, 3.05) is 13.2 Å². The van der Waals surface area contributed by atoms with Crippen molar-refractivity contribution in [3.05, 3.63) is 98.1 Å². The molecule has 2 heteroatoms. The van der Waals surface area contributed by atoms with Gasteiger partial charge in [-0.05, 0) is 30.2 Å². The smallest absolute Gasteiger partial charge is 0.123 e. The first kappa shape index (κ1) is 55.0. The summed E-state index contributed by atoms with van der Waals surface area (Å²) in [6.45, 7) is 28.5. The molecule has 37 heavy (non-hydrogen) atoms. The van der Waals surface area contributed by atoms with E-state index in [0.29, 0.717) is 13.2 Å². The average Bonchev–Trinajstić information content (AvgIpc) is 2.87. The van der Waals surface area contributed by atoms with Crippen LogP contribution in [-0.2, 0) is 6.42 Å². The molecule has 0 unspecified atom stereocenters. The zero-order valence-corrected chi connectivity index (χ0v) is 22.9. The molecule has 220 valence electrons. The lowest BCUT2D eigenvalue weighted by Crippen LogP contribution is -1.96. The second-order valence-corrected chi connectivity index (χ2v) is 6.03. The van der Waals surface area contributed by atoms with Crippen LogP contribution in [0.5, 0.6) is 11.5 Å². The first-order valence-electron chi connectivity index (χ1n) is 12.4. The fourth-order valence-corrected chi connectivity index (χ4v) is 1.79. The van der Waals surface area contributed by atoms with Crippen LogP contribution < -0.4 is 9.47 Å². The van der Waals surface area contributed by atoms with Crippen molar-refractivity contribution in [2.24, 2.45) is 0 Å². The number of hydrogen-bond acceptors (Lipinski definition) is 2. The Hall–Kier alpha value is -2.74. The van der Waals surface area contributed by atoms with Crippen LogP contribution in [0.1, 0.15) is 104 Å². The summed E-state index contributed by atoms with van der Waals surface area (Å²) < 4.78 is 10.7. The minimum atomic E-state index is 0. The summed E-state index contributed by atoms with van der Waals surface area (Å²) >= 11 is 0. The summed E-state index contributed by atoms with van der Waals surface area (Å²) in [5, 5.41) is 0. The van der Waals surface area contributed by atoms with Crippen LogP contribution in [0.15, 0.2) is 92.6 Å². The molecule has 0 saturated heterocycles. The van der Waals surface area contributed by atoms with Crippen LogP contribution in [-0.4, -0.2) is 13.2 Å². The Morgan fingerprint density at radius 2 is 0.946 bits per heavy atom. The summed E-state index contributed by atoms with van der Waals surface area (Å²) in [5.74, 6) is 1.81. The molecule has 0 N–H and O–H groups in total. The standard InChI is InChI=1S/C12H14O.C9H10O.2C3H8.2C2H6.4CH4/c1-3-7-11-8-5-6-9-12(11)13-10-4-2;1-2-8-10-9-6-4-3-5-7-9;2*1-3-2;2*1-2;;;;/h3-6,8-9H,1-2,7,10H2;2-7H,1,8H2;2*3H2,1-2H3;2*1-2H3;4*1H4. The molecule has 0 aliphatic rings. The van der Waals surface area contributed by atoms with E-state index in [1.165, 1.54) is 18.4 Å². The van der Waals surface area contributed by atoms with Gasteiger partial charge in [-0.25, -0.2) is 0 Å². The van der Waals surface area contributed by atoms with Crippen molar-refractivity contribution in [1.82, 2.24) is 0 Å². The van der Waals surface area contributed by atoms with Crippen LogP contribution in [0, 0.1) is 0 Å². The third-order valence-corrected chi connectivity index (χ3v) is 2.80. The van der Waals surface area contributed by atoms with Gasteiger partial charge in [-0.2, -0.15) is 0 Å². The van der Waals surface area contributed by atoms with Gasteiger partial charge < -0.3 is 9.47 Å². The highest BCUT2D eigenvalue weighted by Gasteiger charge is 1.98. The van der Waals surface area contributed by atoms with Gasteiger partial charge in [-0.1, -0.05) is 166 Å². The van der Waals surface area contributed by atoms with Gasteiger partial charge in [-0.15, -0.1) is 6.58 Å². The second kappa shape index (κ2) is 54.2. The van der Waals surface area contributed by atoms with Crippen LogP contribution >= 0.6 is 0 Å². The minimum Gasteiger partial charge on any atom is -0.490 e. The van der Waals surface area contributed by atoms with E-state index in [0.717, 1.165) is 17.9 Å². The van der Waals surface area contributed by atoms with Gasteiger partial charge in [0.2, 0.25) is 0 Å². The predicted octanol–water partition coefficient (Wildman–Crippen LogP) is 12.7. The molecule has 0 aromatic heterocycles. The molecule has 2 aromatic rings. The fourth-order valence-electron chi connectivity index (χ4n) is 1.79. The Morgan fingerprint density at radius 1 is 0.568 bits per heavy atom. The Balaban J connectivity index is -0.0000000525. The molecule has 2 nitrogen and oxygen atoms in total. The van der Waals surface area contributed by atoms with Crippen LogP contribution in [0.2, 0.25) is 0 Å². The molecule has 0 aliphatic heterocycles. The van der Waals surface area contributed by atoms with Crippen LogP contribution in [0.3, 0.4) is 0 Å². The van der Waals surface area contributed by atoms with E-state index in [4.69, 9.17) is 9.47 Å². The van der Waals surface area contributed by atoms with Gasteiger partial charge in [0.15, 0.2) is 0 Å². The van der Waals surface area contributed by atoms with E-state index >= 15 is 0 Å². The molecule has 0 heterocycles. The summed E-state index contributed by atoms with van der Waals surface area (Å²) in [4.78, 5) is 0. The van der Waals surface area contributed by atoms with Crippen LogP contribution in [0.25, 0.3) is 0 Å². The molecular formula is C35H68O2. The van der Waals surface area contributed by atoms with Gasteiger partial charge in [0, 0.05) is 0 Å². The molecule has 0 atom stereocenters.